The van der Waals surface area contributed by atoms with Crippen molar-refractivity contribution in [1.82, 2.24) is 0 Å². The highest BCUT2D eigenvalue weighted by atomic mass is 79.9. The molecule has 0 N–H and O–H groups in total. The second kappa shape index (κ2) is 5.85. The van der Waals surface area contributed by atoms with Gasteiger partial charge in [0.2, 0.25) is 0 Å². The monoisotopic (exact) mass is 326 g/mol. The second-order valence-corrected chi connectivity index (χ2v) is 5.56. The quantitative estimate of drug-likeness (QED) is 0.660. The van der Waals surface area contributed by atoms with Gasteiger partial charge >= 0.3 is 0 Å². The SMILES string of the molecule is Cc1ccccc1CC(Cl)c1cccc(F)c1Br. The van der Waals surface area contributed by atoms with E-state index in [0.29, 0.717) is 10.9 Å². The van der Waals surface area contributed by atoms with E-state index in [1.807, 2.05) is 18.2 Å². The summed E-state index contributed by atoms with van der Waals surface area (Å²) in [7, 11) is 0. The highest BCUT2D eigenvalue weighted by molar-refractivity contribution is 9.10. The number of halogens is 3. The second-order valence-electron chi connectivity index (χ2n) is 4.24. The van der Waals surface area contributed by atoms with E-state index >= 15 is 0 Å². The van der Waals surface area contributed by atoms with Crippen molar-refractivity contribution < 1.29 is 4.39 Å². The lowest BCUT2D eigenvalue weighted by molar-refractivity contribution is 0.617. The van der Waals surface area contributed by atoms with Gasteiger partial charge in [0.25, 0.3) is 0 Å². The Hall–Kier alpha value is -0.860. The summed E-state index contributed by atoms with van der Waals surface area (Å²) in [6, 6.07) is 13.1. The highest BCUT2D eigenvalue weighted by Gasteiger charge is 2.15. The van der Waals surface area contributed by atoms with Crippen molar-refractivity contribution >= 4 is 27.5 Å². The summed E-state index contributed by atoms with van der Waals surface area (Å²) >= 11 is 9.65. The summed E-state index contributed by atoms with van der Waals surface area (Å²) < 4.78 is 13.9. The number of alkyl halides is 1. The predicted octanol–water partition coefficient (Wildman–Crippen LogP) is 5.42. The summed E-state index contributed by atoms with van der Waals surface area (Å²) in [5.74, 6) is -0.275. The molecule has 0 fully saturated rings. The first kappa shape index (κ1) is 13.6. The first-order valence-corrected chi connectivity index (χ1v) is 6.95. The molecule has 0 aliphatic heterocycles. The molecule has 3 heteroatoms. The molecule has 94 valence electrons. The molecule has 0 aliphatic carbocycles. The van der Waals surface area contributed by atoms with Crippen molar-refractivity contribution in [2.45, 2.75) is 18.7 Å². The van der Waals surface area contributed by atoms with Crippen molar-refractivity contribution in [3.63, 3.8) is 0 Å². The van der Waals surface area contributed by atoms with Gasteiger partial charge in [-0.25, -0.2) is 4.39 Å². The molecular weight excluding hydrogens is 315 g/mol. The average molecular weight is 328 g/mol. The first-order valence-electron chi connectivity index (χ1n) is 5.72. The van der Waals surface area contributed by atoms with E-state index in [4.69, 9.17) is 11.6 Å². The first-order chi connectivity index (χ1) is 8.59. The van der Waals surface area contributed by atoms with E-state index in [9.17, 15) is 4.39 Å². The number of hydrogen-bond donors (Lipinski definition) is 0. The maximum Gasteiger partial charge on any atom is 0.137 e. The van der Waals surface area contributed by atoms with Crippen molar-refractivity contribution in [3.8, 4) is 0 Å². The van der Waals surface area contributed by atoms with Gasteiger partial charge in [0, 0.05) is 0 Å². The molecule has 0 radical (unpaired) electrons. The van der Waals surface area contributed by atoms with E-state index in [-0.39, 0.29) is 11.2 Å². The van der Waals surface area contributed by atoms with Gasteiger partial charge in [-0.2, -0.15) is 0 Å². The maximum atomic E-state index is 13.5. The van der Waals surface area contributed by atoms with Crippen molar-refractivity contribution in [3.05, 3.63) is 69.4 Å². The fraction of sp³-hybridized carbons (Fsp3) is 0.200. The Morgan fingerprint density at radius 3 is 2.61 bits per heavy atom. The summed E-state index contributed by atoms with van der Waals surface area (Å²) in [4.78, 5) is 0. The van der Waals surface area contributed by atoms with Crippen LogP contribution in [0.15, 0.2) is 46.9 Å². The molecule has 0 nitrogen and oxygen atoms in total. The summed E-state index contributed by atoms with van der Waals surface area (Å²) in [5, 5.41) is -0.240. The zero-order chi connectivity index (χ0) is 13.1. The molecule has 2 aromatic carbocycles. The summed E-state index contributed by atoms with van der Waals surface area (Å²) in [6.07, 6.45) is 0.691. The molecule has 0 aromatic heterocycles. The molecule has 0 heterocycles. The third kappa shape index (κ3) is 2.93. The Labute approximate surface area is 120 Å². The van der Waals surface area contributed by atoms with Crippen LogP contribution >= 0.6 is 27.5 Å². The lowest BCUT2D eigenvalue weighted by atomic mass is 10.0. The average Bonchev–Trinajstić information content (AvgIpc) is 2.35. The van der Waals surface area contributed by atoms with Crippen LogP contribution < -0.4 is 0 Å². The minimum absolute atomic E-state index is 0.240. The molecule has 1 unspecified atom stereocenters. The molecule has 2 aromatic rings. The van der Waals surface area contributed by atoms with Gasteiger partial charge in [-0.15, -0.1) is 11.6 Å². The van der Waals surface area contributed by atoms with Gasteiger partial charge in [-0.1, -0.05) is 36.4 Å². The molecule has 0 aliphatic rings. The molecule has 1 atom stereocenters. The van der Waals surface area contributed by atoms with Gasteiger partial charge in [0.1, 0.15) is 5.82 Å². The highest BCUT2D eigenvalue weighted by Crippen LogP contribution is 2.33. The Balaban J connectivity index is 2.25. The van der Waals surface area contributed by atoms with Gasteiger partial charge < -0.3 is 0 Å². The normalized spacial score (nSPS) is 12.4. The van der Waals surface area contributed by atoms with E-state index in [2.05, 4.69) is 35.0 Å². The Morgan fingerprint density at radius 1 is 1.17 bits per heavy atom. The Morgan fingerprint density at radius 2 is 1.89 bits per heavy atom. The Bertz CT molecular complexity index is 554. The van der Waals surface area contributed by atoms with Gasteiger partial charge in [0.15, 0.2) is 0 Å². The smallest absolute Gasteiger partial charge is 0.137 e. The van der Waals surface area contributed by atoms with Crippen molar-refractivity contribution in [2.24, 2.45) is 0 Å². The maximum absolute atomic E-state index is 13.5. The van der Waals surface area contributed by atoms with Crippen LogP contribution in [0.5, 0.6) is 0 Å². The van der Waals surface area contributed by atoms with Gasteiger partial charge in [-0.3, -0.25) is 0 Å². The number of aryl methyl sites for hydroxylation is 1. The number of hydrogen-bond acceptors (Lipinski definition) is 0. The minimum atomic E-state index is -0.275. The Kier molecular flexibility index (Phi) is 4.41. The van der Waals surface area contributed by atoms with Crippen LogP contribution in [-0.4, -0.2) is 0 Å². The minimum Gasteiger partial charge on any atom is -0.206 e. The lowest BCUT2D eigenvalue weighted by Crippen LogP contribution is -1.99. The van der Waals surface area contributed by atoms with E-state index < -0.39 is 0 Å². The van der Waals surface area contributed by atoms with Crippen LogP contribution in [0.2, 0.25) is 0 Å². The van der Waals surface area contributed by atoms with Crippen LogP contribution in [0.25, 0.3) is 0 Å². The number of rotatable bonds is 3. The molecule has 0 bridgehead atoms. The third-order valence-electron chi connectivity index (χ3n) is 2.98. The van der Waals surface area contributed by atoms with Crippen LogP contribution in [0.3, 0.4) is 0 Å². The molecule has 0 spiro atoms. The van der Waals surface area contributed by atoms with E-state index in [0.717, 1.165) is 5.56 Å². The van der Waals surface area contributed by atoms with Crippen LogP contribution in [0.1, 0.15) is 22.1 Å². The molecule has 0 amide bonds. The molecule has 0 saturated heterocycles. The number of benzene rings is 2. The zero-order valence-corrected chi connectivity index (χ0v) is 12.3. The molecular formula is C15H13BrClF. The van der Waals surface area contributed by atoms with E-state index in [1.54, 1.807) is 6.07 Å². The standard InChI is InChI=1S/C15H13BrClF/c1-10-5-2-3-6-11(10)9-13(17)12-7-4-8-14(18)15(12)16/h2-8,13H,9H2,1H3. The fourth-order valence-corrected chi connectivity index (χ4v) is 2.93. The molecule has 0 saturated carbocycles. The largest absolute Gasteiger partial charge is 0.206 e. The van der Waals surface area contributed by atoms with Crippen LogP contribution in [0, 0.1) is 12.7 Å². The summed E-state index contributed by atoms with van der Waals surface area (Å²) in [5.41, 5.74) is 3.18. The van der Waals surface area contributed by atoms with Crippen molar-refractivity contribution in [2.75, 3.05) is 0 Å². The van der Waals surface area contributed by atoms with Gasteiger partial charge in [0.05, 0.1) is 9.85 Å². The lowest BCUT2D eigenvalue weighted by Gasteiger charge is -2.13. The fourth-order valence-electron chi connectivity index (χ4n) is 1.90. The third-order valence-corrected chi connectivity index (χ3v) is 4.21. The zero-order valence-electron chi connectivity index (χ0n) is 9.96. The van der Waals surface area contributed by atoms with Crippen molar-refractivity contribution in [1.29, 1.82) is 0 Å². The predicted molar refractivity (Wildman–Crippen MR) is 77.6 cm³/mol. The molecule has 18 heavy (non-hydrogen) atoms. The topological polar surface area (TPSA) is 0 Å². The van der Waals surface area contributed by atoms with Gasteiger partial charge in [-0.05, 0) is 52.0 Å². The molecule has 2 rings (SSSR count). The summed E-state index contributed by atoms with van der Waals surface area (Å²) in [6.45, 7) is 2.06. The van der Waals surface area contributed by atoms with E-state index in [1.165, 1.54) is 17.2 Å². The van der Waals surface area contributed by atoms with Crippen LogP contribution in [-0.2, 0) is 6.42 Å². The van der Waals surface area contributed by atoms with Crippen LogP contribution in [0.4, 0.5) is 4.39 Å².